The third-order valence-electron chi connectivity index (χ3n) is 2.21. The first kappa shape index (κ1) is 10.7. The lowest BCUT2D eigenvalue weighted by molar-refractivity contribution is 0.408. The molecule has 0 aromatic heterocycles. The number of rotatable bonds is 5. The summed E-state index contributed by atoms with van der Waals surface area (Å²) in [6.07, 6.45) is 2.60. The molecule has 0 aromatic rings. The van der Waals surface area contributed by atoms with E-state index in [2.05, 4.69) is 15.3 Å². The Morgan fingerprint density at radius 1 is 1.46 bits per heavy atom. The van der Waals surface area contributed by atoms with Crippen molar-refractivity contribution in [3.63, 3.8) is 0 Å². The summed E-state index contributed by atoms with van der Waals surface area (Å²) in [5.74, 6) is 3.06. The Balaban J connectivity index is 1.94. The predicted octanol–water partition coefficient (Wildman–Crippen LogP) is 2.03. The van der Waals surface area contributed by atoms with Crippen molar-refractivity contribution in [1.82, 2.24) is 5.32 Å². The van der Waals surface area contributed by atoms with Crippen LogP contribution in [0.25, 0.3) is 10.4 Å². The molecule has 0 amide bonds. The van der Waals surface area contributed by atoms with Crippen LogP contribution in [0.4, 0.5) is 0 Å². The van der Waals surface area contributed by atoms with Gasteiger partial charge in [-0.2, -0.15) is 11.8 Å². The number of piperidine rings is 1. The Morgan fingerprint density at radius 3 is 2.92 bits per heavy atom. The molecule has 1 N–H and O–H groups in total. The zero-order chi connectivity index (χ0) is 9.36. The van der Waals surface area contributed by atoms with Crippen LogP contribution in [-0.4, -0.2) is 31.1 Å². The van der Waals surface area contributed by atoms with Crippen LogP contribution in [0.15, 0.2) is 5.11 Å². The van der Waals surface area contributed by atoms with E-state index in [0.717, 1.165) is 11.7 Å². The second-order valence-corrected chi connectivity index (χ2v) is 4.37. The summed E-state index contributed by atoms with van der Waals surface area (Å²) in [4.78, 5) is 2.72. The molecule has 1 fully saturated rings. The van der Waals surface area contributed by atoms with Crippen LogP contribution >= 0.6 is 11.8 Å². The average Bonchev–Trinajstić information content (AvgIpc) is 2.19. The highest BCUT2D eigenvalue weighted by atomic mass is 32.2. The van der Waals surface area contributed by atoms with E-state index in [0.29, 0.717) is 6.54 Å². The molecule has 0 bridgehead atoms. The van der Waals surface area contributed by atoms with Crippen LogP contribution in [0.1, 0.15) is 12.8 Å². The number of nitrogens with one attached hydrogen (secondary N) is 1. The second kappa shape index (κ2) is 7.06. The van der Waals surface area contributed by atoms with Gasteiger partial charge in [-0.15, -0.1) is 0 Å². The summed E-state index contributed by atoms with van der Waals surface area (Å²) in [6, 6.07) is 0. The number of hydrogen-bond acceptors (Lipinski definition) is 3. The monoisotopic (exact) mass is 200 g/mol. The van der Waals surface area contributed by atoms with E-state index in [-0.39, 0.29) is 0 Å². The lowest BCUT2D eigenvalue weighted by Gasteiger charge is -2.21. The Morgan fingerprint density at radius 2 is 2.23 bits per heavy atom. The van der Waals surface area contributed by atoms with E-state index in [1.807, 2.05) is 11.8 Å². The van der Waals surface area contributed by atoms with Gasteiger partial charge in [-0.1, -0.05) is 5.11 Å². The van der Waals surface area contributed by atoms with E-state index in [4.69, 9.17) is 5.53 Å². The molecule has 4 nitrogen and oxygen atoms in total. The molecule has 0 aliphatic carbocycles. The first-order chi connectivity index (χ1) is 6.43. The summed E-state index contributed by atoms with van der Waals surface area (Å²) in [6.45, 7) is 2.97. The van der Waals surface area contributed by atoms with Crippen molar-refractivity contribution in [3.8, 4) is 0 Å². The van der Waals surface area contributed by atoms with Gasteiger partial charge in [0.1, 0.15) is 0 Å². The molecule has 0 unspecified atom stereocenters. The molecule has 0 aromatic carbocycles. The van der Waals surface area contributed by atoms with Gasteiger partial charge in [0.25, 0.3) is 0 Å². The molecule has 1 rings (SSSR count). The maximum atomic E-state index is 8.06. The van der Waals surface area contributed by atoms with E-state index in [1.165, 1.54) is 31.7 Å². The van der Waals surface area contributed by atoms with Crippen molar-refractivity contribution in [2.45, 2.75) is 12.8 Å². The molecular formula is C8H16N4S. The minimum Gasteiger partial charge on any atom is -0.317 e. The average molecular weight is 200 g/mol. The van der Waals surface area contributed by atoms with Gasteiger partial charge in [0.15, 0.2) is 0 Å². The third-order valence-corrected chi connectivity index (χ3v) is 3.39. The molecule has 0 atom stereocenters. The maximum absolute atomic E-state index is 8.06. The number of azide groups is 1. The first-order valence-electron chi connectivity index (χ1n) is 4.73. The van der Waals surface area contributed by atoms with E-state index in [1.54, 1.807) is 0 Å². The number of nitrogens with zero attached hydrogens (tertiary/aromatic N) is 3. The van der Waals surface area contributed by atoms with Crippen molar-refractivity contribution in [2.75, 3.05) is 31.1 Å². The van der Waals surface area contributed by atoms with Crippen LogP contribution < -0.4 is 5.32 Å². The minimum atomic E-state index is 0.631. The molecule has 1 saturated heterocycles. The molecular weight excluding hydrogens is 184 g/mol. The summed E-state index contributed by atoms with van der Waals surface area (Å²) in [5, 5.41) is 6.85. The van der Waals surface area contributed by atoms with Crippen molar-refractivity contribution >= 4 is 11.8 Å². The molecule has 74 valence electrons. The molecule has 0 radical (unpaired) electrons. The van der Waals surface area contributed by atoms with Crippen molar-refractivity contribution in [2.24, 2.45) is 11.0 Å². The van der Waals surface area contributed by atoms with Crippen LogP contribution in [0.5, 0.6) is 0 Å². The van der Waals surface area contributed by atoms with Gasteiger partial charge in [-0.25, -0.2) is 0 Å². The van der Waals surface area contributed by atoms with Gasteiger partial charge in [0.2, 0.25) is 0 Å². The van der Waals surface area contributed by atoms with Gasteiger partial charge in [0.05, 0.1) is 0 Å². The quantitative estimate of drug-likeness (QED) is 0.319. The maximum Gasteiger partial charge on any atom is 0.0348 e. The van der Waals surface area contributed by atoms with Crippen molar-refractivity contribution in [3.05, 3.63) is 10.4 Å². The summed E-state index contributed by atoms with van der Waals surface area (Å²) in [7, 11) is 0. The zero-order valence-corrected chi connectivity index (χ0v) is 8.59. The second-order valence-electron chi connectivity index (χ2n) is 3.22. The Bertz CT molecular complexity index is 173. The fourth-order valence-corrected chi connectivity index (χ4v) is 2.49. The van der Waals surface area contributed by atoms with Gasteiger partial charge >= 0.3 is 0 Å². The molecule has 0 spiro atoms. The third kappa shape index (κ3) is 5.03. The lowest BCUT2D eigenvalue weighted by atomic mass is 10.0. The number of thioether (sulfide) groups is 1. The number of hydrogen-bond donors (Lipinski definition) is 1. The summed E-state index contributed by atoms with van der Waals surface area (Å²) >= 11 is 1.91. The van der Waals surface area contributed by atoms with Crippen LogP contribution in [0.3, 0.4) is 0 Å². The summed E-state index contributed by atoms with van der Waals surface area (Å²) in [5.41, 5.74) is 8.06. The Hall–Kier alpha value is -0.380. The topological polar surface area (TPSA) is 60.8 Å². The van der Waals surface area contributed by atoms with Crippen molar-refractivity contribution < 1.29 is 0 Å². The van der Waals surface area contributed by atoms with Gasteiger partial charge < -0.3 is 5.32 Å². The smallest absolute Gasteiger partial charge is 0.0348 e. The molecule has 1 aliphatic heterocycles. The molecule has 1 heterocycles. The standard InChI is InChI=1S/C8H16N4S/c9-12-11-5-6-13-7-8-1-3-10-4-2-8/h8,10H,1-7H2. The van der Waals surface area contributed by atoms with Gasteiger partial charge in [0, 0.05) is 11.5 Å². The van der Waals surface area contributed by atoms with Crippen LogP contribution in [0, 0.1) is 5.92 Å². The minimum absolute atomic E-state index is 0.631. The molecule has 0 saturated carbocycles. The summed E-state index contributed by atoms with van der Waals surface area (Å²) < 4.78 is 0. The highest BCUT2D eigenvalue weighted by molar-refractivity contribution is 7.99. The first-order valence-corrected chi connectivity index (χ1v) is 5.88. The van der Waals surface area contributed by atoms with Crippen LogP contribution in [-0.2, 0) is 0 Å². The highest BCUT2D eigenvalue weighted by Crippen LogP contribution is 2.17. The van der Waals surface area contributed by atoms with E-state index in [9.17, 15) is 0 Å². The zero-order valence-electron chi connectivity index (χ0n) is 7.78. The largest absolute Gasteiger partial charge is 0.317 e. The normalized spacial score (nSPS) is 18.2. The Labute approximate surface area is 83.1 Å². The predicted molar refractivity (Wildman–Crippen MR) is 56.9 cm³/mol. The van der Waals surface area contributed by atoms with Crippen LogP contribution in [0.2, 0.25) is 0 Å². The van der Waals surface area contributed by atoms with E-state index < -0.39 is 0 Å². The SMILES string of the molecule is [N-]=[N+]=NCCSCC1CCNCC1. The fourth-order valence-electron chi connectivity index (χ4n) is 1.45. The van der Waals surface area contributed by atoms with Crippen molar-refractivity contribution in [1.29, 1.82) is 0 Å². The van der Waals surface area contributed by atoms with Gasteiger partial charge in [-0.05, 0) is 48.9 Å². The Kier molecular flexibility index (Phi) is 5.81. The molecule has 13 heavy (non-hydrogen) atoms. The van der Waals surface area contributed by atoms with Gasteiger partial charge in [-0.3, -0.25) is 0 Å². The van der Waals surface area contributed by atoms with E-state index >= 15 is 0 Å². The lowest BCUT2D eigenvalue weighted by Crippen LogP contribution is -2.28. The fraction of sp³-hybridized carbons (Fsp3) is 1.00. The molecule has 1 aliphatic rings. The molecule has 5 heteroatoms. The highest BCUT2D eigenvalue weighted by Gasteiger charge is 2.11.